The minimum absolute atomic E-state index is 0.299. The van der Waals surface area contributed by atoms with E-state index in [1.54, 1.807) is 22.5 Å². The summed E-state index contributed by atoms with van der Waals surface area (Å²) < 4.78 is 26.8. The van der Waals surface area contributed by atoms with Crippen molar-refractivity contribution in [2.75, 3.05) is 26.2 Å². The van der Waals surface area contributed by atoms with Crippen molar-refractivity contribution in [1.82, 2.24) is 9.21 Å². The van der Waals surface area contributed by atoms with Crippen molar-refractivity contribution >= 4 is 21.6 Å². The first-order chi connectivity index (χ1) is 9.48. The molecule has 1 saturated heterocycles. The zero-order valence-corrected chi connectivity index (χ0v) is 13.1. The SMILES string of the molecule is Cc1ccc(S(=O)(=O)N2CCN(C3CC3)CC2)cc1Cl. The topological polar surface area (TPSA) is 40.6 Å². The van der Waals surface area contributed by atoms with Gasteiger partial charge in [-0.2, -0.15) is 4.31 Å². The van der Waals surface area contributed by atoms with Gasteiger partial charge in [0.25, 0.3) is 0 Å². The van der Waals surface area contributed by atoms with Gasteiger partial charge < -0.3 is 0 Å². The van der Waals surface area contributed by atoms with Crippen molar-refractivity contribution < 1.29 is 8.42 Å². The van der Waals surface area contributed by atoms with E-state index in [-0.39, 0.29) is 0 Å². The number of halogens is 1. The Morgan fingerprint density at radius 3 is 2.35 bits per heavy atom. The highest BCUT2D eigenvalue weighted by atomic mass is 35.5. The van der Waals surface area contributed by atoms with Crippen LogP contribution in [-0.2, 0) is 10.0 Å². The average Bonchev–Trinajstić information content (AvgIpc) is 3.26. The first-order valence-corrected chi connectivity index (χ1v) is 8.80. The van der Waals surface area contributed by atoms with Crippen LogP contribution < -0.4 is 0 Å². The molecule has 1 saturated carbocycles. The standard InChI is InChI=1S/C14H19ClN2O2S/c1-11-2-5-13(10-14(11)15)20(18,19)17-8-6-16(7-9-17)12-3-4-12/h2,5,10,12H,3-4,6-9H2,1H3. The maximum absolute atomic E-state index is 12.6. The molecule has 1 aliphatic carbocycles. The largest absolute Gasteiger partial charge is 0.298 e. The lowest BCUT2D eigenvalue weighted by molar-refractivity contribution is 0.180. The summed E-state index contributed by atoms with van der Waals surface area (Å²) in [4.78, 5) is 2.70. The fourth-order valence-electron chi connectivity index (χ4n) is 2.63. The van der Waals surface area contributed by atoms with E-state index in [1.807, 2.05) is 6.92 Å². The molecule has 0 radical (unpaired) electrons. The van der Waals surface area contributed by atoms with E-state index in [0.717, 1.165) is 18.7 Å². The lowest BCUT2D eigenvalue weighted by atomic mass is 10.2. The van der Waals surface area contributed by atoms with Crippen LogP contribution in [0.3, 0.4) is 0 Å². The molecule has 1 aliphatic heterocycles. The van der Waals surface area contributed by atoms with E-state index in [4.69, 9.17) is 11.6 Å². The molecule has 1 aromatic carbocycles. The first-order valence-electron chi connectivity index (χ1n) is 6.99. The maximum atomic E-state index is 12.6. The highest BCUT2D eigenvalue weighted by Crippen LogP contribution is 2.29. The lowest BCUT2D eigenvalue weighted by Gasteiger charge is -2.34. The van der Waals surface area contributed by atoms with Crippen molar-refractivity contribution in [2.24, 2.45) is 0 Å². The molecule has 0 unspecified atom stereocenters. The van der Waals surface area contributed by atoms with Crippen molar-refractivity contribution in [1.29, 1.82) is 0 Å². The van der Waals surface area contributed by atoms with Crippen LogP contribution in [0.15, 0.2) is 23.1 Å². The Balaban J connectivity index is 1.76. The van der Waals surface area contributed by atoms with Crippen LogP contribution in [0.5, 0.6) is 0 Å². The van der Waals surface area contributed by atoms with E-state index in [2.05, 4.69) is 4.90 Å². The van der Waals surface area contributed by atoms with Crippen molar-refractivity contribution in [3.05, 3.63) is 28.8 Å². The minimum Gasteiger partial charge on any atom is -0.298 e. The van der Waals surface area contributed by atoms with E-state index in [9.17, 15) is 8.42 Å². The molecule has 0 bridgehead atoms. The van der Waals surface area contributed by atoms with Crippen molar-refractivity contribution in [3.8, 4) is 0 Å². The second-order valence-corrected chi connectivity index (χ2v) is 7.93. The third-order valence-corrected chi connectivity index (χ3v) is 6.42. The molecule has 0 amide bonds. The van der Waals surface area contributed by atoms with E-state index >= 15 is 0 Å². The summed E-state index contributed by atoms with van der Waals surface area (Å²) in [5.41, 5.74) is 0.893. The molecule has 6 heteroatoms. The molecule has 20 heavy (non-hydrogen) atoms. The summed E-state index contributed by atoms with van der Waals surface area (Å²) in [6.45, 7) is 4.69. The van der Waals surface area contributed by atoms with Crippen LogP contribution >= 0.6 is 11.6 Å². The molecule has 4 nitrogen and oxygen atoms in total. The number of hydrogen-bond donors (Lipinski definition) is 0. The van der Waals surface area contributed by atoms with Gasteiger partial charge in [0, 0.05) is 37.2 Å². The molecule has 0 aromatic heterocycles. The second-order valence-electron chi connectivity index (χ2n) is 5.58. The highest BCUT2D eigenvalue weighted by Gasteiger charge is 2.34. The van der Waals surface area contributed by atoms with Gasteiger partial charge in [-0.3, -0.25) is 4.90 Å². The van der Waals surface area contributed by atoms with Gasteiger partial charge in [-0.1, -0.05) is 17.7 Å². The maximum Gasteiger partial charge on any atom is 0.243 e. The molecule has 1 aromatic rings. The molecular weight excluding hydrogens is 296 g/mol. The highest BCUT2D eigenvalue weighted by molar-refractivity contribution is 7.89. The Labute approximate surface area is 125 Å². The predicted octanol–water partition coefficient (Wildman–Crippen LogP) is 2.12. The monoisotopic (exact) mass is 314 g/mol. The quantitative estimate of drug-likeness (QED) is 0.858. The number of benzene rings is 1. The summed E-state index contributed by atoms with van der Waals surface area (Å²) >= 11 is 6.04. The number of hydrogen-bond acceptors (Lipinski definition) is 3. The summed E-state index contributed by atoms with van der Waals surface area (Å²) in [5, 5.41) is 0.502. The zero-order valence-electron chi connectivity index (χ0n) is 11.5. The summed E-state index contributed by atoms with van der Waals surface area (Å²) in [6.07, 6.45) is 2.53. The Morgan fingerprint density at radius 1 is 1.15 bits per heavy atom. The molecular formula is C14H19ClN2O2S. The molecule has 110 valence electrons. The van der Waals surface area contributed by atoms with Crippen LogP contribution in [0.4, 0.5) is 0 Å². The zero-order chi connectivity index (χ0) is 14.3. The molecule has 1 heterocycles. The lowest BCUT2D eigenvalue weighted by Crippen LogP contribution is -2.49. The van der Waals surface area contributed by atoms with Gasteiger partial charge in [0.1, 0.15) is 0 Å². The van der Waals surface area contributed by atoms with Gasteiger partial charge in [-0.05, 0) is 37.5 Å². The normalized spacial score (nSPS) is 22.1. The molecule has 0 atom stereocenters. The van der Waals surface area contributed by atoms with Gasteiger partial charge >= 0.3 is 0 Å². The van der Waals surface area contributed by atoms with Crippen molar-refractivity contribution in [2.45, 2.75) is 30.7 Å². The molecule has 2 aliphatic rings. The van der Waals surface area contributed by atoms with Gasteiger partial charge in [-0.15, -0.1) is 0 Å². The van der Waals surface area contributed by atoms with Crippen LogP contribution in [-0.4, -0.2) is 49.8 Å². The Morgan fingerprint density at radius 2 is 1.80 bits per heavy atom. The minimum atomic E-state index is -3.41. The van der Waals surface area contributed by atoms with Crippen LogP contribution in [0, 0.1) is 6.92 Å². The molecule has 0 spiro atoms. The number of sulfonamides is 1. The van der Waals surface area contributed by atoms with Gasteiger partial charge in [0.2, 0.25) is 10.0 Å². The van der Waals surface area contributed by atoms with Gasteiger partial charge in [0.05, 0.1) is 4.90 Å². The number of piperazine rings is 1. The van der Waals surface area contributed by atoms with E-state index in [0.29, 0.717) is 29.0 Å². The third-order valence-electron chi connectivity index (χ3n) is 4.12. The second kappa shape index (κ2) is 5.30. The van der Waals surface area contributed by atoms with Crippen LogP contribution in [0.2, 0.25) is 5.02 Å². The van der Waals surface area contributed by atoms with Crippen LogP contribution in [0.25, 0.3) is 0 Å². The molecule has 2 fully saturated rings. The summed E-state index contributed by atoms with van der Waals surface area (Å²) in [6, 6.07) is 5.66. The molecule has 3 rings (SSSR count). The summed E-state index contributed by atoms with van der Waals surface area (Å²) in [5.74, 6) is 0. The van der Waals surface area contributed by atoms with Gasteiger partial charge in [-0.25, -0.2) is 8.42 Å². The average molecular weight is 315 g/mol. The van der Waals surface area contributed by atoms with Crippen molar-refractivity contribution in [3.63, 3.8) is 0 Å². The first kappa shape index (κ1) is 14.3. The van der Waals surface area contributed by atoms with Crippen LogP contribution in [0.1, 0.15) is 18.4 Å². The Hall–Kier alpha value is -0.620. The molecule has 0 N–H and O–H groups in total. The fraction of sp³-hybridized carbons (Fsp3) is 0.571. The predicted molar refractivity (Wildman–Crippen MR) is 79.5 cm³/mol. The van der Waals surface area contributed by atoms with E-state index in [1.165, 1.54) is 12.8 Å². The van der Waals surface area contributed by atoms with E-state index < -0.39 is 10.0 Å². The summed E-state index contributed by atoms with van der Waals surface area (Å²) in [7, 11) is -3.41. The fourth-order valence-corrected chi connectivity index (χ4v) is 4.33. The number of rotatable bonds is 3. The third kappa shape index (κ3) is 2.72. The number of aryl methyl sites for hydroxylation is 1. The smallest absolute Gasteiger partial charge is 0.243 e. The van der Waals surface area contributed by atoms with Gasteiger partial charge in [0.15, 0.2) is 0 Å². The Bertz CT molecular complexity index is 606. The number of nitrogens with zero attached hydrogens (tertiary/aromatic N) is 2. The Kier molecular flexibility index (Phi) is 3.79.